The maximum Gasteiger partial charge on any atom is 0.126 e. The molecule has 0 amide bonds. The lowest BCUT2D eigenvalue weighted by atomic mass is 10.1. The highest BCUT2D eigenvalue weighted by Gasteiger charge is 2.13. The van der Waals surface area contributed by atoms with E-state index in [1.807, 2.05) is 12.1 Å². The smallest absolute Gasteiger partial charge is 0.126 e. The highest BCUT2D eigenvalue weighted by atomic mass is 19.1. The fourth-order valence-electron chi connectivity index (χ4n) is 1.98. The molecule has 16 heavy (non-hydrogen) atoms. The molecule has 1 aliphatic heterocycles. The van der Waals surface area contributed by atoms with E-state index < -0.39 is 0 Å². The highest BCUT2D eigenvalue weighted by molar-refractivity contribution is 5.17. The highest BCUT2D eigenvalue weighted by Crippen LogP contribution is 2.09. The van der Waals surface area contributed by atoms with Crippen LogP contribution in [0.25, 0.3) is 0 Å². The minimum atomic E-state index is -0.0910. The third-order valence-corrected chi connectivity index (χ3v) is 2.94. The molecule has 1 N–H and O–H groups in total. The molecule has 0 aliphatic carbocycles. The zero-order chi connectivity index (χ0) is 11.2. The summed E-state index contributed by atoms with van der Waals surface area (Å²) in [6, 6.07) is 7.49. The Kier molecular flexibility index (Phi) is 4.31. The first-order valence-corrected chi connectivity index (χ1v) is 5.91. The summed E-state index contributed by atoms with van der Waals surface area (Å²) in [5, 5.41) is 3.42. The van der Waals surface area contributed by atoms with Gasteiger partial charge in [-0.25, -0.2) is 4.39 Å². The topological polar surface area (TPSA) is 21.3 Å². The molecular weight excluding hydrogens is 205 g/mol. The van der Waals surface area contributed by atoms with Crippen LogP contribution in [0, 0.1) is 5.82 Å². The van der Waals surface area contributed by atoms with E-state index in [9.17, 15) is 4.39 Å². The van der Waals surface area contributed by atoms with Gasteiger partial charge in [0.1, 0.15) is 5.82 Å². The van der Waals surface area contributed by atoms with Crippen molar-refractivity contribution in [3.8, 4) is 0 Å². The second kappa shape index (κ2) is 5.97. The van der Waals surface area contributed by atoms with Crippen LogP contribution in [-0.4, -0.2) is 25.8 Å². The van der Waals surface area contributed by atoms with Crippen LogP contribution in [0.1, 0.15) is 18.4 Å². The van der Waals surface area contributed by atoms with E-state index in [1.54, 1.807) is 6.07 Å². The van der Waals surface area contributed by atoms with E-state index in [0.29, 0.717) is 6.04 Å². The van der Waals surface area contributed by atoms with Gasteiger partial charge >= 0.3 is 0 Å². The Hall–Kier alpha value is -0.930. The van der Waals surface area contributed by atoms with Gasteiger partial charge in [-0.15, -0.1) is 0 Å². The molecule has 1 saturated heterocycles. The van der Waals surface area contributed by atoms with E-state index in [4.69, 9.17) is 4.74 Å². The number of hydrogen-bond acceptors (Lipinski definition) is 2. The molecule has 0 spiro atoms. The van der Waals surface area contributed by atoms with Gasteiger partial charge in [0.25, 0.3) is 0 Å². The Bertz CT molecular complexity index is 323. The molecule has 88 valence electrons. The van der Waals surface area contributed by atoms with Gasteiger partial charge < -0.3 is 10.1 Å². The van der Waals surface area contributed by atoms with Crippen LogP contribution in [0.4, 0.5) is 4.39 Å². The number of ether oxygens (including phenoxy) is 1. The van der Waals surface area contributed by atoms with Gasteiger partial charge in [0.15, 0.2) is 0 Å². The van der Waals surface area contributed by atoms with Gasteiger partial charge in [-0.05, 0) is 37.4 Å². The Morgan fingerprint density at radius 1 is 1.38 bits per heavy atom. The lowest BCUT2D eigenvalue weighted by molar-refractivity contribution is 0.190. The van der Waals surface area contributed by atoms with Gasteiger partial charge in [0.05, 0.1) is 6.61 Å². The SMILES string of the molecule is Fc1ccccc1CCCNC1CCOC1. The Labute approximate surface area is 95.8 Å². The average Bonchev–Trinajstić information content (AvgIpc) is 2.79. The molecule has 1 aliphatic rings. The van der Waals surface area contributed by atoms with E-state index in [1.165, 1.54) is 6.07 Å². The summed E-state index contributed by atoms with van der Waals surface area (Å²) < 4.78 is 18.5. The van der Waals surface area contributed by atoms with Crippen molar-refractivity contribution in [1.82, 2.24) is 5.32 Å². The summed E-state index contributed by atoms with van der Waals surface area (Å²) in [6.45, 7) is 2.62. The minimum Gasteiger partial charge on any atom is -0.380 e. The maximum absolute atomic E-state index is 13.3. The molecule has 1 aromatic rings. The van der Waals surface area contributed by atoms with Crippen molar-refractivity contribution in [3.63, 3.8) is 0 Å². The van der Waals surface area contributed by atoms with Gasteiger partial charge in [-0.3, -0.25) is 0 Å². The molecule has 1 atom stereocenters. The fourth-order valence-corrected chi connectivity index (χ4v) is 1.98. The van der Waals surface area contributed by atoms with Crippen molar-refractivity contribution in [2.24, 2.45) is 0 Å². The van der Waals surface area contributed by atoms with Crippen LogP contribution in [0.15, 0.2) is 24.3 Å². The zero-order valence-electron chi connectivity index (χ0n) is 9.42. The van der Waals surface area contributed by atoms with Crippen LogP contribution in [-0.2, 0) is 11.2 Å². The Morgan fingerprint density at radius 2 is 2.25 bits per heavy atom. The maximum atomic E-state index is 13.3. The van der Waals surface area contributed by atoms with Crippen LogP contribution >= 0.6 is 0 Å². The van der Waals surface area contributed by atoms with Crippen molar-refractivity contribution in [2.75, 3.05) is 19.8 Å². The van der Waals surface area contributed by atoms with Crippen LogP contribution in [0.5, 0.6) is 0 Å². The second-order valence-electron chi connectivity index (χ2n) is 4.21. The summed E-state index contributed by atoms with van der Waals surface area (Å²) in [6.07, 6.45) is 2.87. The third kappa shape index (κ3) is 3.29. The number of hydrogen-bond donors (Lipinski definition) is 1. The number of halogens is 1. The van der Waals surface area contributed by atoms with Crippen molar-refractivity contribution < 1.29 is 9.13 Å². The lowest BCUT2D eigenvalue weighted by Gasteiger charge is -2.10. The predicted molar refractivity (Wildman–Crippen MR) is 61.9 cm³/mol. The number of benzene rings is 1. The summed E-state index contributed by atoms with van der Waals surface area (Å²) in [5.74, 6) is -0.0910. The van der Waals surface area contributed by atoms with Crippen molar-refractivity contribution >= 4 is 0 Å². The minimum absolute atomic E-state index is 0.0910. The molecule has 2 nitrogen and oxygen atoms in total. The van der Waals surface area contributed by atoms with Crippen molar-refractivity contribution in [3.05, 3.63) is 35.6 Å². The third-order valence-electron chi connectivity index (χ3n) is 2.94. The molecule has 2 rings (SSSR count). The standard InChI is InChI=1S/C13H18FNO/c14-13-6-2-1-4-11(13)5-3-8-15-12-7-9-16-10-12/h1-2,4,6,12,15H,3,5,7-10H2. The van der Waals surface area contributed by atoms with Crippen molar-refractivity contribution in [1.29, 1.82) is 0 Å². The molecule has 1 aromatic carbocycles. The van der Waals surface area contributed by atoms with Gasteiger partial charge in [-0.1, -0.05) is 18.2 Å². The lowest BCUT2D eigenvalue weighted by Crippen LogP contribution is -2.30. The largest absolute Gasteiger partial charge is 0.380 e. The molecule has 3 heteroatoms. The first kappa shape index (κ1) is 11.6. The number of nitrogens with one attached hydrogen (secondary N) is 1. The van der Waals surface area contributed by atoms with Crippen LogP contribution < -0.4 is 5.32 Å². The Morgan fingerprint density at radius 3 is 3.00 bits per heavy atom. The van der Waals surface area contributed by atoms with Gasteiger partial charge in [-0.2, -0.15) is 0 Å². The number of rotatable bonds is 5. The van der Waals surface area contributed by atoms with Gasteiger partial charge in [0, 0.05) is 12.6 Å². The fraction of sp³-hybridized carbons (Fsp3) is 0.538. The molecule has 1 fully saturated rings. The van der Waals surface area contributed by atoms with E-state index in [2.05, 4.69) is 5.32 Å². The van der Waals surface area contributed by atoms with E-state index in [0.717, 1.165) is 44.6 Å². The first-order valence-electron chi connectivity index (χ1n) is 5.91. The summed E-state index contributed by atoms with van der Waals surface area (Å²) in [7, 11) is 0. The molecule has 0 radical (unpaired) electrons. The molecular formula is C13H18FNO. The normalized spacial score (nSPS) is 20.2. The second-order valence-corrected chi connectivity index (χ2v) is 4.21. The number of aryl methyl sites for hydroxylation is 1. The van der Waals surface area contributed by atoms with Crippen LogP contribution in [0.3, 0.4) is 0 Å². The summed E-state index contributed by atoms with van der Waals surface area (Å²) in [5.41, 5.74) is 0.812. The van der Waals surface area contributed by atoms with Crippen LogP contribution in [0.2, 0.25) is 0 Å². The molecule has 0 aromatic heterocycles. The monoisotopic (exact) mass is 223 g/mol. The first-order chi connectivity index (χ1) is 7.86. The van der Waals surface area contributed by atoms with Gasteiger partial charge in [0.2, 0.25) is 0 Å². The summed E-state index contributed by atoms with van der Waals surface area (Å²) in [4.78, 5) is 0. The summed E-state index contributed by atoms with van der Waals surface area (Å²) >= 11 is 0. The van der Waals surface area contributed by atoms with E-state index in [-0.39, 0.29) is 5.82 Å². The predicted octanol–water partition coefficient (Wildman–Crippen LogP) is 2.14. The Balaban J connectivity index is 1.66. The molecule has 0 saturated carbocycles. The molecule has 1 heterocycles. The zero-order valence-corrected chi connectivity index (χ0v) is 9.42. The quantitative estimate of drug-likeness (QED) is 0.772. The molecule has 0 bridgehead atoms. The molecule has 1 unspecified atom stereocenters. The average molecular weight is 223 g/mol. The van der Waals surface area contributed by atoms with E-state index >= 15 is 0 Å². The van der Waals surface area contributed by atoms with Crippen molar-refractivity contribution in [2.45, 2.75) is 25.3 Å².